The fraction of sp³-hybridized carbons (Fsp3) is 0.636. The van der Waals surface area contributed by atoms with Gasteiger partial charge in [-0.1, -0.05) is 0 Å². The Morgan fingerprint density at radius 3 is 2.61 bits per heavy atom. The Morgan fingerprint density at radius 1 is 1.39 bits per heavy atom. The third kappa shape index (κ3) is 4.87. The van der Waals surface area contributed by atoms with E-state index in [1.54, 1.807) is 0 Å². The van der Waals surface area contributed by atoms with Gasteiger partial charge >= 0.3 is 0 Å². The zero-order valence-corrected chi connectivity index (χ0v) is 12.1. The highest BCUT2D eigenvalue weighted by atomic mass is 32.2. The van der Waals surface area contributed by atoms with E-state index in [-0.39, 0.29) is 5.75 Å². The molecule has 0 fully saturated rings. The molecule has 1 N–H and O–H groups in total. The summed E-state index contributed by atoms with van der Waals surface area (Å²) in [4.78, 5) is 10.4. The number of hydrogen-bond donors (Lipinski definition) is 1. The lowest BCUT2D eigenvalue weighted by Gasteiger charge is -2.18. The first-order chi connectivity index (χ1) is 8.31. The van der Waals surface area contributed by atoms with Crippen molar-refractivity contribution in [2.24, 2.45) is 0 Å². The van der Waals surface area contributed by atoms with Crippen LogP contribution in [0.1, 0.15) is 12.7 Å². The fourth-order valence-electron chi connectivity index (χ4n) is 1.44. The van der Waals surface area contributed by atoms with E-state index in [4.69, 9.17) is 0 Å². The largest absolute Gasteiger partial charge is 0.370 e. The Bertz CT molecular complexity index is 502. The van der Waals surface area contributed by atoms with Gasteiger partial charge in [-0.2, -0.15) is 0 Å². The molecule has 1 aromatic heterocycles. The van der Waals surface area contributed by atoms with Crippen LogP contribution in [0.3, 0.4) is 0 Å². The summed E-state index contributed by atoms with van der Waals surface area (Å²) in [6.07, 6.45) is 1.23. The molecule has 0 atom stereocenters. The molecule has 0 bridgehead atoms. The number of aryl methyl sites for hydroxylation is 1. The summed E-state index contributed by atoms with van der Waals surface area (Å²) in [6.45, 7) is 5.00. The van der Waals surface area contributed by atoms with E-state index >= 15 is 0 Å². The molecule has 0 saturated heterocycles. The lowest BCUT2D eigenvalue weighted by Crippen LogP contribution is -2.26. The van der Waals surface area contributed by atoms with Crippen LogP contribution in [0.2, 0.25) is 0 Å². The van der Waals surface area contributed by atoms with Crippen molar-refractivity contribution in [3.8, 4) is 0 Å². The van der Waals surface area contributed by atoms with Crippen molar-refractivity contribution in [1.82, 2.24) is 9.97 Å². The van der Waals surface area contributed by atoms with Crippen LogP contribution in [0.25, 0.3) is 0 Å². The topological polar surface area (TPSA) is 75.2 Å². The summed E-state index contributed by atoms with van der Waals surface area (Å²) < 4.78 is 22.3. The van der Waals surface area contributed by atoms with Crippen molar-refractivity contribution in [1.29, 1.82) is 0 Å². The molecule has 0 unspecified atom stereocenters. The van der Waals surface area contributed by atoms with E-state index < -0.39 is 9.84 Å². The summed E-state index contributed by atoms with van der Waals surface area (Å²) in [5.74, 6) is 2.26. The van der Waals surface area contributed by atoms with Gasteiger partial charge in [-0.05, 0) is 13.8 Å². The summed E-state index contributed by atoms with van der Waals surface area (Å²) in [6, 6.07) is 1.82. The van der Waals surface area contributed by atoms with E-state index in [0.29, 0.717) is 12.4 Å². The molecule has 1 aromatic rings. The van der Waals surface area contributed by atoms with Gasteiger partial charge in [0.05, 0.1) is 5.75 Å². The first kappa shape index (κ1) is 14.7. The van der Waals surface area contributed by atoms with Crippen LogP contribution in [0.15, 0.2) is 6.07 Å². The zero-order chi connectivity index (χ0) is 13.8. The van der Waals surface area contributed by atoms with E-state index in [9.17, 15) is 8.42 Å². The first-order valence-electron chi connectivity index (χ1n) is 5.80. The second-order valence-electron chi connectivity index (χ2n) is 4.24. The highest BCUT2D eigenvalue weighted by Gasteiger charge is 2.09. The average molecular weight is 272 g/mol. The number of sulfone groups is 1. The third-order valence-electron chi connectivity index (χ3n) is 2.37. The minimum absolute atomic E-state index is 0.114. The van der Waals surface area contributed by atoms with Gasteiger partial charge in [0.1, 0.15) is 27.3 Å². The normalized spacial score (nSPS) is 11.3. The van der Waals surface area contributed by atoms with Gasteiger partial charge in [0.15, 0.2) is 0 Å². The number of anilines is 2. The minimum Gasteiger partial charge on any atom is -0.370 e. The fourth-order valence-corrected chi connectivity index (χ4v) is 2.04. The predicted octanol–water partition coefficient (Wildman–Crippen LogP) is 0.698. The summed E-state index contributed by atoms with van der Waals surface area (Å²) in [7, 11) is -1.14. The third-order valence-corrected chi connectivity index (χ3v) is 3.30. The molecule has 6 nitrogen and oxygen atoms in total. The van der Waals surface area contributed by atoms with Crippen LogP contribution in [-0.2, 0) is 9.84 Å². The molecule has 0 amide bonds. The van der Waals surface area contributed by atoms with E-state index in [1.807, 2.05) is 31.9 Å². The van der Waals surface area contributed by atoms with Gasteiger partial charge in [0, 0.05) is 32.5 Å². The second-order valence-corrected chi connectivity index (χ2v) is 6.50. The molecule has 0 radical (unpaired) electrons. The van der Waals surface area contributed by atoms with Crippen LogP contribution >= 0.6 is 0 Å². The van der Waals surface area contributed by atoms with Crippen LogP contribution in [0.4, 0.5) is 11.6 Å². The van der Waals surface area contributed by atoms with Crippen molar-refractivity contribution in [2.75, 3.05) is 42.4 Å². The molecule has 1 rings (SSSR count). The molecule has 0 saturated carbocycles. The maximum atomic E-state index is 11.1. The first-order valence-corrected chi connectivity index (χ1v) is 7.86. The molecule has 1 heterocycles. The maximum absolute atomic E-state index is 11.1. The predicted molar refractivity (Wildman–Crippen MR) is 73.9 cm³/mol. The zero-order valence-electron chi connectivity index (χ0n) is 11.3. The Balaban J connectivity index is 2.81. The van der Waals surface area contributed by atoms with Crippen LogP contribution in [0, 0.1) is 6.92 Å². The highest BCUT2D eigenvalue weighted by Crippen LogP contribution is 2.14. The Labute approximate surface area is 108 Å². The van der Waals surface area contributed by atoms with Gasteiger partial charge in [0.25, 0.3) is 0 Å². The molecule has 0 aliphatic rings. The molecule has 102 valence electrons. The van der Waals surface area contributed by atoms with Crippen LogP contribution in [-0.4, -0.2) is 50.5 Å². The van der Waals surface area contributed by atoms with E-state index in [0.717, 1.165) is 18.2 Å². The standard InChI is InChI=1S/C11H20N4O2S/c1-5-12-10-8-11(14-9(2)13-10)15(3)6-7-18(4,16)17/h8H,5-7H2,1-4H3,(H,12,13,14). The molecule has 0 aliphatic carbocycles. The molecule has 0 spiro atoms. The number of nitrogens with one attached hydrogen (secondary N) is 1. The van der Waals surface area contributed by atoms with Crippen molar-refractivity contribution in [3.05, 3.63) is 11.9 Å². The van der Waals surface area contributed by atoms with E-state index in [1.165, 1.54) is 6.26 Å². The van der Waals surface area contributed by atoms with Gasteiger partial charge < -0.3 is 10.2 Å². The monoisotopic (exact) mass is 272 g/mol. The Hall–Kier alpha value is -1.37. The number of aromatic nitrogens is 2. The molecular formula is C11H20N4O2S. The molecule has 0 aliphatic heterocycles. The maximum Gasteiger partial charge on any atom is 0.149 e. The molecule has 0 aromatic carbocycles. The van der Waals surface area contributed by atoms with Crippen molar-refractivity contribution in [3.63, 3.8) is 0 Å². The van der Waals surface area contributed by atoms with Crippen molar-refractivity contribution >= 4 is 21.5 Å². The van der Waals surface area contributed by atoms with Crippen LogP contribution < -0.4 is 10.2 Å². The molecule has 7 heteroatoms. The molecule has 18 heavy (non-hydrogen) atoms. The van der Waals surface area contributed by atoms with Crippen molar-refractivity contribution < 1.29 is 8.42 Å². The number of rotatable bonds is 6. The van der Waals surface area contributed by atoms with Gasteiger partial charge in [0.2, 0.25) is 0 Å². The van der Waals surface area contributed by atoms with Crippen LogP contribution in [0.5, 0.6) is 0 Å². The Kier molecular flexibility index (Phi) is 4.89. The second kappa shape index (κ2) is 5.99. The van der Waals surface area contributed by atoms with Gasteiger partial charge in [-0.25, -0.2) is 18.4 Å². The average Bonchev–Trinajstić information content (AvgIpc) is 2.24. The van der Waals surface area contributed by atoms with Crippen molar-refractivity contribution in [2.45, 2.75) is 13.8 Å². The van der Waals surface area contributed by atoms with Gasteiger partial charge in [-0.3, -0.25) is 0 Å². The number of hydrogen-bond acceptors (Lipinski definition) is 6. The summed E-state index contributed by atoms with van der Waals surface area (Å²) >= 11 is 0. The number of nitrogens with zero attached hydrogens (tertiary/aromatic N) is 3. The SMILES string of the molecule is CCNc1cc(N(C)CCS(C)(=O)=O)nc(C)n1. The minimum atomic E-state index is -2.96. The summed E-state index contributed by atoms with van der Waals surface area (Å²) in [5, 5.41) is 3.12. The summed E-state index contributed by atoms with van der Waals surface area (Å²) in [5.41, 5.74) is 0. The quantitative estimate of drug-likeness (QED) is 0.821. The molecular weight excluding hydrogens is 252 g/mol. The lowest BCUT2D eigenvalue weighted by molar-refractivity contribution is 0.601. The highest BCUT2D eigenvalue weighted by molar-refractivity contribution is 7.90. The van der Waals surface area contributed by atoms with Gasteiger partial charge in [-0.15, -0.1) is 0 Å². The van der Waals surface area contributed by atoms with E-state index in [2.05, 4.69) is 15.3 Å². The Morgan fingerprint density at radius 2 is 2.06 bits per heavy atom. The lowest BCUT2D eigenvalue weighted by atomic mass is 10.4. The smallest absolute Gasteiger partial charge is 0.149 e.